The lowest BCUT2D eigenvalue weighted by molar-refractivity contribution is 0.102. The van der Waals surface area contributed by atoms with Crippen LogP contribution in [0.25, 0.3) is 0 Å². The zero-order valence-corrected chi connectivity index (χ0v) is 10.8. The van der Waals surface area contributed by atoms with Crippen LogP contribution in [0, 0.1) is 3.57 Å². The first-order valence-corrected chi connectivity index (χ1v) is 5.86. The second kappa shape index (κ2) is 5.09. The summed E-state index contributed by atoms with van der Waals surface area (Å²) in [7, 11) is 0. The topological polar surface area (TPSA) is 74.8 Å². The van der Waals surface area contributed by atoms with Gasteiger partial charge in [-0.2, -0.15) is 5.10 Å². The summed E-state index contributed by atoms with van der Waals surface area (Å²) in [4.78, 5) is 22.6. The number of para-hydroxylation sites is 1. The van der Waals surface area contributed by atoms with Gasteiger partial charge in [-0.05, 0) is 40.8 Å². The summed E-state index contributed by atoms with van der Waals surface area (Å²) < 4.78 is 0.933. The molecule has 0 radical (unpaired) electrons. The van der Waals surface area contributed by atoms with Gasteiger partial charge in [-0.3, -0.25) is 9.59 Å². The third-order valence-electron chi connectivity index (χ3n) is 2.03. The third kappa shape index (κ3) is 2.90. The highest BCUT2D eigenvalue weighted by atomic mass is 127. The quantitative estimate of drug-likeness (QED) is 0.816. The van der Waals surface area contributed by atoms with Gasteiger partial charge in [-0.15, -0.1) is 0 Å². The first-order chi connectivity index (χ1) is 8.16. The van der Waals surface area contributed by atoms with Crippen molar-refractivity contribution in [2.75, 3.05) is 5.32 Å². The Balaban J connectivity index is 2.20. The van der Waals surface area contributed by atoms with Crippen LogP contribution in [-0.2, 0) is 0 Å². The fourth-order valence-electron chi connectivity index (χ4n) is 1.22. The number of carbonyl (C=O) groups is 1. The maximum Gasteiger partial charge on any atom is 0.276 e. The van der Waals surface area contributed by atoms with E-state index in [-0.39, 0.29) is 17.2 Å². The van der Waals surface area contributed by atoms with Crippen LogP contribution in [0.3, 0.4) is 0 Å². The van der Waals surface area contributed by atoms with Gasteiger partial charge in [-0.25, -0.2) is 5.10 Å². The average molecular weight is 341 g/mol. The number of benzene rings is 1. The summed E-state index contributed by atoms with van der Waals surface area (Å²) in [6.45, 7) is 0. The lowest BCUT2D eigenvalue weighted by Crippen LogP contribution is -2.17. The van der Waals surface area contributed by atoms with E-state index >= 15 is 0 Å². The van der Waals surface area contributed by atoms with Gasteiger partial charge < -0.3 is 5.32 Å². The Morgan fingerprint density at radius 2 is 2.00 bits per heavy atom. The minimum Gasteiger partial charge on any atom is -0.320 e. The van der Waals surface area contributed by atoms with E-state index in [1.807, 2.05) is 18.2 Å². The number of aromatic amines is 1. The number of anilines is 1. The number of carbonyl (C=O) groups excluding carboxylic acids is 1. The molecular weight excluding hydrogens is 333 g/mol. The lowest BCUT2D eigenvalue weighted by Gasteiger charge is -2.05. The van der Waals surface area contributed by atoms with Crippen molar-refractivity contribution < 1.29 is 4.79 Å². The van der Waals surface area contributed by atoms with Crippen molar-refractivity contribution in [2.45, 2.75) is 0 Å². The molecule has 1 heterocycles. The SMILES string of the molecule is O=C(Nc1ccccc1I)c1ccc(=O)[nH]n1. The summed E-state index contributed by atoms with van der Waals surface area (Å²) in [6.07, 6.45) is 0. The second-order valence-corrected chi connectivity index (χ2v) is 4.40. The molecule has 0 spiro atoms. The van der Waals surface area contributed by atoms with E-state index in [4.69, 9.17) is 0 Å². The summed E-state index contributed by atoms with van der Waals surface area (Å²) in [5.74, 6) is -0.356. The highest BCUT2D eigenvalue weighted by Gasteiger charge is 2.08. The van der Waals surface area contributed by atoms with Crippen LogP contribution in [0.1, 0.15) is 10.5 Å². The van der Waals surface area contributed by atoms with E-state index in [0.29, 0.717) is 5.69 Å². The number of halogens is 1. The normalized spacial score (nSPS) is 9.94. The Morgan fingerprint density at radius 1 is 1.24 bits per heavy atom. The molecule has 0 atom stereocenters. The van der Waals surface area contributed by atoms with Gasteiger partial charge in [-0.1, -0.05) is 12.1 Å². The number of aromatic nitrogens is 2. The van der Waals surface area contributed by atoms with E-state index in [2.05, 4.69) is 38.1 Å². The zero-order valence-electron chi connectivity index (χ0n) is 8.61. The molecule has 0 unspecified atom stereocenters. The molecule has 1 amide bonds. The highest BCUT2D eigenvalue weighted by Crippen LogP contribution is 2.17. The van der Waals surface area contributed by atoms with Crippen LogP contribution >= 0.6 is 22.6 Å². The Bertz CT molecular complexity index is 589. The Hall–Kier alpha value is -1.70. The lowest BCUT2D eigenvalue weighted by atomic mass is 10.3. The van der Waals surface area contributed by atoms with Crippen molar-refractivity contribution in [3.05, 3.63) is 56.0 Å². The minimum absolute atomic E-state index is 0.171. The summed E-state index contributed by atoms with van der Waals surface area (Å²) in [5.41, 5.74) is 0.547. The molecule has 6 heteroatoms. The van der Waals surface area contributed by atoms with E-state index < -0.39 is 0 Å². The van der Waals surface area contributed by atoms with Crippen LogP contribution in [0.5, 0.6) is 0 Å². The van der Waals surface area contributed by atoms with Crippen molar-refractivity contribution in [1.29, 1.82) is 0 Å². The first kappa shape index (κ1) is 11.8. The van der Waals surface area contributed by atoms with Crippen LogP contribution in [0.4, 0.5) is 5.69 Å². The molecule has 2 rings (SSSR count). The number of hydrogen-bond acceptors (Lipinski definition) is 3. The molecule has 0 fully saturated rings. The van der Waals surface area contributed by atoms with Gasteiger partial charge in [0.2, 0.25) is 0 Å². The Labute approximate surface area is 110 Å². The smallest absolute Gasteiger partial charge is 0.276 e. The van der Waals surface area contributed by atoms with E-state index in [0.717, 1.165) is 3.57 Å². The number of H-pyrrole nitrogens is 1. The number of hydrogen-bond donors (Lipinski definition) is 2. The summed E-state index contributed by atoms with van der Waals surface area (Å²) in [5, 5.41) is 8.58. The van der Waals surface area contributed by atoms with Crippen LogP contribution < -0.4 is 10.9 Å². The van der Waals surface area contributed by atoms with Crippen molar-refractivity contribution in [2.24, 2.45) is 0 Å². The number of nitrogens with one attached hydrogen (secondary N) is 2. The Morgan fingerprint density at radius 3 is 2.65 bits per heavy atom. The van der Waals surface area contributed by atoms with Gasteiger partial charge in [0.1, 0.15) is 5.69 Å². The predicted octanol–water partition coefficient (Wildman–Crippen LogP) is 1.63. The first-order valence-electron chi connectivity index (χ1n) is 4.78. The molecule has 0 bridgehead atoms. The zero-order chi connectivity index (χ0) is 12.3. The van der Waals surface area contributed by atoms with Crippen molar-refractivity contribution in [1.82, 2.24) is 10.2 Å². The van der Waals surface area contributed by atoms with Gasteiger partial charge in [0.05, 0.1) is 5.69 Å². The van der Waals surface area contributed by atoms with Gasteiger partial charge >= 0.3 is 0 Å². The van der Waals surface area contributed by atoms with E-state index in [1.165, 1.54) is 12.1 Å². The largest absolute Gasteiger partial charge is 0.320 e. The molecule has 0 aliphatic rings. The molecule has 0 aliphatic carbocycles. The van der Waals surface area contributed by atoms with Crippen molar-refractivity contribution in [3.63, 3.8) is 0 Å². The third-order valence-corrected chi connectivity index (χ3v) is 2.97. The molecule has 86 valence electrons. The minimum atomic E-state index is -0.356. The maximum atomic E-state index is 11.8. The molecule has 1 aromatic heterocycles. The summed E-state index contributed by atoms with van der Waals surface area (Å²) >= 11 is 2.13. The maximum absolute atomic E-state index is 11.8. The van der Waals surface area contributed by atoms with E-state index in [1.54, 1.807) is 6.07 Å². The monoisotopic (exact) mass is 341 g/mol. The molecule has 0 saturated heterocycles. The predicted molar refractivity (Wildman–Crippen MR) is 72.0 cm³/mol. The standard InChI is InChI=1S/C11H8IN3O2/c12-7-3-1-2-4-8(7)13-11(17)9-5-6-10(16)15-14-9/h1-6H,(H,13,17)(H,15,16). The number of rotatable bonds is 2. The highest BCUT2D eigenvalue weighted by molar-refractivity contribution is 14.1. The average Bonchev–Trinajstić information content (AvgIpc) is 2.33. The molecule has 2 aromatic rings. The number of amides is 1. The van der Waals surface area contributed by atoms with Crippen molar-refractivity contribution >= 4 is 34.2 Å². The van der Waals surface area contributed by atoms with Gasteiger partial charge in [0.15, 0.2) is 0 Å². The molecule has 5 nitrogen and oxygen atoms in total. The second-order valence-electron chi connectivity index (χ2n) is 3.24. The van der Waals surface area contributed by atoms with Gasteiger partial charge in [0, 0.05) is 9.64 Å². The molecule has 0 aliphatic heterocycles. The Kier molecular flexibility index (Phi) is 3.52. The van der Waals surface area contributed by atoms with Crippen LogP contribution in [0.15, 0.2) is 41.2 Å². The molecule has 0 saturated carbocycles. The van der Waals surface area contributed by atoms with Crippen LogP contribution in [0.2, 0.25) is 0 Å². The molecule has 17 heavy (non-hydrogen) atoms. The fourth-order valence-corrected chi connectivity index (χ4v) is 1.74. The number of nitrogens with zero attached hydrogens (tertiary/aromatic N) is 1. The van der Waals surface area contributed by atoms with E-state index in [9.17, 15) is 9.59 Å². The van der Waals surface area contributed by atoms with Gasteiger partial charge in [0.25, 0.3) is 11.5 Å². The molecule has 2 N–H and O–H groups in total. The summed E-state index contributed by atoms with van der Waals surface area (Å²) in [6, 6.07) is 10.0. The van der Waals surface area contributed by atoms with Crippen LogP contribution in [-0.4, -0.2) is 16.1 Å². The fraction of sp³-hybridized carbons (Fsp3) is 0. The molecular formula is C11H8IN3O2. The van der Waals surface area contributed by atoms with Crippen molar-refractivity contribution in [3.8, 4) is 0 Å². The molecule has 1 aromatic carbocycles.